The van der Waals surface area contributed by atoms with Crippen LogP contribution in [0.15, 0.2) is 11.6 Å². The maximum Gasteiger partial charge on any atom is 0.307 e. The van der Waals surface area contributed by atoms with Gasteiger partial charge in [-0.25, -0.2) is 0 Å². The van der Waals surface area contributed by atoms with Crippen LogP contribution in [0.5, 0.6) is 0 Å². The van der Waals surface area contributed by atoms with Crippen LogP contribution >= 0.6 is 25.3 Å². The molecule has 0 heterocycles. The van der Waals surface area contributed by atoms with Gasteiger partial charge in [-0.05, 0) is 43.6 Å². The van der Waals surface area contributed by atoms with E-state index >= 15 is 0 Å². The molecule has 6 heteroatoms. The van der Waals surface area contributed by atoms with E-state index < -0.39 is 0 Å². The van der Waals surface area contributed by atoms with Crippen LogP contribution in [0.3, 0.4) is 0 Å². The van der Waals surface area contributed by atoms with Gasteiger partial charge in [0.05, 0.1) is 12.8 Å². The van der Waals surface area contributed by atoms with Gasteiger partial charge in [0.1, 0.15) is 13.2 Å². The van der Waals surface area contributed by atoms with Crippen LogP contribution in [0.1, 0.15) is 58.8 Å². The van der Waals surface area contributed by atoms with E-state index in [0.29, 0.717) is 32.0 Å². The summed E-state index contributed by atoms with van der Waals surface area (Å²) in [6.45, 7) is 4.70. The van der Waals surface area contributed by atoms with Gasteiger partial charge in [0.25, 0.3) is 0 Å². The predicted octanol–water partition coefficient (Wildman–Crippen LogP) is 4.00. The van der Waals surface area contributed by atoms with Gasteiger partial charge < -0.3 is 9.47 Å². The zero-order valence-electron chi connectivity index (χ0n) is 15.2. The van der Waals surface area contributed by atoms with Gasteiger partial charge >= 0.3 is 11.9 Å². The van der Waals surface area contributed by atoms with E-state index in [9.17, 15) is 9.59 Å². The van der Waals surface area contributed by atoms with Crippen molar-refractivity contribution >= 4 is 37.2 Å². The first-order valence-electron chi connectivity index (χ1n) is 9.27. The summed E-state index contributed by atoms with van der Waals surface area (Å²) < 4.78 is 11.0. The topological polar surface area (TPSA) is 52.6 Å². The minimum absolute atomic E-state index is 0.0455. The minimum Gasteiger partial charge on any atom is -0.465 e. The number of esters is 2. The van der Waals surface area contributed by atoms with Gasteiger partial charge in [-0.3, -0.25) is 9.59 Å². The van der Waals surface area contributed by atoms with Crippen molar-refractivity contribution in [3.05, 3.63) is 11.6 Å². The van der Waals surface area contributed by atoms with Crippen LogP contribution < -0.4 is 0 Å². The molecule has 0 aromatic heterocycles. The molecule has 2 aliphatic carbocycles. The smallest absolute Gasteiger partial charge is 0.307 e. The molecule has 2 bridgehead atoms. The highest BCUT2D eigenvalue weighted by Crippen LogP contribution is 2.54. The van der Waals surface area contributed by atoms with E-state index in [4.69, 9.17) is 9.47 Å². The van der Waals surface area contributed by atoms with Gasteiger partial charge in [-0.2, -0.15) is 25.3 Å². The number of thiol groups is 2. The Labute approximate surface area is 161 Å². The van der Waals surface area contributed by atoms with E-state index in [1.165, 1.54) is 0 Å². The van der Waals surface area contributed by atoms with Gasteiger partial charge in [0.15, 0.2) is 0 Å². The fraction of sp³-hybridized carbons (Fsp3) is 0.789. The molecule has 4 nitrogen and oxygen atoms in total. The van der Waals surface area contributed by atoms with Crippen molar-refractivity contribution < 1.29 is 19.1 Å². The molecule has 2 aliphatic rings. The van der Waals surface area contributed by atoms with Crippen molar-refractivity contribution in [3.8, 4) is 0 Å². The predicted molar refractivity (Wildman–Crippen MR) is 105 cm³/mol. The van der Waals surface area contributed by atoms with Crippen molar-refractivity contribution in [2.75, 3.05) is 13.2 Å². The molecule has 142 valence electrons. The molecule has 1 saturated carbocycles. The van der Waals surface area contributed by atoms with Crippen LogP contribution in [0.4, 0.5) is 0 Å². The van der Waals surface area contributed by atoms with Gasteiger partial charge in [0, 0.05) is 15.9 Å². The Hall–Kier alpha value is -0.620. The largest absolute Gasteiger partial charge is 0.465 e. The van der Waals surface area contributed by atoms with Gasteiger partial charge in [0.2, 0.25) is 0 Å². The van der Waals surface area contributed by atoms with E-state index in [1.807, 2.05) is 13.8 Å². The summed E-state index contributed by atoms with van der Waals surface area (Å²) in [7, 11) is 0. The standard InChI is InChI=1S/C19H30O4S2/c1-3-15(24)8-17(20)22-11-14-7-13-5-6-19(14,10-13)12-23-18(21)9-16(25)4-2/h7,13,15-16,24-25H,3-6,8-12H2,1-2H3. The van der Waals surface area contributed by atoms with E-state index in [0.717, 1.165) is 37.7 Å². The molecule has 25 heavy (non-hydrogen) atoms. The molecule has 0 aromatic rings. The highest BCUT2D eigenvalue weighted by atomic mass is 32.1. The average molecular weight is 387 g/mol. The van der Waals surface area contributed by atoms with Crippen LogP contribution in [0.2, 0.25) is 0 Å². The summed E-state index contributed by atoms with van der Waals surface area (Å²) in [4.78, 5) is 23.9. The molecule has 0 aromatic carbocycles. The summed E-state index contributed by atoms with van der Waals surface area (Å²) in [5.41, 5.74) is 0.986. The number of ether oxygens (including phenoxy) is 2. The Morgan fingerprint density at radius 3 is 2.32 bits per heavy atom. The molecule has 0 saturated heterocycles. The number of carbonyl (C=O) groups excluding carboxylic acids is 2. The summed E-state index contributed by atoms with van der Waals surface area (Å²) in [5.74, 6) is 0.122. The minimum atomic E-state index is -0.210. The van der Waals surface area contributed by atoms with Gasteiger partial charge in [-0.15, -0.1) is 0 Å². The lowest BCUT2D eigenvalue weighted by molar-refractivity contribution is -0.148. The number of rotatable bonds is 10. The van der Waals surface area contributed by atoms with Crippen LogP contribution in [0, 0.1) is 11.3 Å². The lowest BCUT2D eigenvalue weighted by atomic mass is 9.81. The third-order valence-electron chi connectivity index (χ3n) is 5.41. The van der Waals surface area contributed by atoms with Crippen molar-refractivity contribution in [3.63, 3.8) is 0 Å². The third kappa shape index (κ3) is 5.68. The maximum absolute atomic E-state index is 12.0. The lowest BCUT2D eigenvalue weighted by Crippen LogP contribution is -2.29. The molecule has 4 unspecified atom stereocenters. The summed E-state index contributed by atoms with van der Waals surface area (Å²) in [6.07, 6.45) is 7.69. The Kier molecular flexibility index (Phi) is 7.74. The highest BCUT2D eigenvalue weighted by Gasteiger charge is 2.47. The highest BCUT2D eigenvalue weighted by molar-refractivity contribution is 7.81. The molecular weight excluding hydrogens is 356 g/mol. The first-order valence-corrected chi connectivity index (χ1v) is 10.3. The summed E-state index contributed by atoms with van der Waals surface area (Å²) in [6, 6.07) is 0. The number of allylic oxidation sites excluding steroid dienone is 1. The SMILES string of the molecule is CCC(S)CC(=O)OCC1=CC2CCC1(COC(=O)CC(S)CC)C2. The van der Waals surface area contributed by atoms with Crippen LogP contribution in [-0.2, 0) is 19.1 Å². The van der Waals surface area contributed by atoms with Crippen LogP contribution in [0.25, 0.3) is 0 Å². The second kappa shape index (κ2) is 9.36. The second-order valence-corrected chi connectivity index (χ2v) is 8.79. The number of carbonyl (C=O) groups is 2. The zero-order valence-corrected chi connectivity index (χ0v) is 17.0. The molecule has 0 amide bonds. The van der Waals surface area contributed by atoms with Crippen molar-refractivity contribution in [2.24, 2.45) is 11.3 Å². The maximum atomic E-state index is 12.0. The number of fused-ring (bicyclic) bond motifs is 2. The molecule has 4 atom stereocenters. The Bertz CT molecular complexity index is 520. The molecule has 2 rings (SSSR count). The van der Waals surface area contributed by atoms with Crippen molar-refractivity contribution in [1.82, 2.24) is 0 Å². The third-order valence-corrected chi connectivity index (χ3v) is 6.51. The summed E-state index contributed by atoms with van der Waals surface area (Å²) in [5, 5.41) is 0.0952. The molecule has 0 spiro atoms. The summed E-state index contributed by atoms with van der Waals surface area (Å²) >= 11 is 8.70. The van der Waals surface area contributed by atoms with Crippen molar-refractivity contribution in [2.45, 2.75) is 69.3 Å². The van der Waals surface area contributed by atoms with E-state index in [2.05, 4.69) is 31.3 Å². The van der Waals surface area contributed by atoms with Gasteiger partial charge in [-0.1, -0.05) is 19.9 Å². The Morgan fingerprint density at radius 2 is 1.76 bits per heavy atom. The Morgan fingerprint density at radius 1 is 1.16 bits per heavy atom. The second-order valence-electron chi connectivity index (χ2n) is 7.33. The van der Waals surface area contributed by atoms with E-state index in [-0.39, 0.29) is 27.9 Å². The fourth-order valence-electron chi connectivity index (χ4n) is 3.66. The molecule has 0 radical (unpaired) electrons. The van der Waals surface area contributed by atoms with Crippen LogP contribution in [-0.4, -0.2) is 35.7 Å². The number of hydrogen-bond acceptors (Lipinski definition) is 6. The molecule has 0 N–H and O–H groups in total. The van der Waals surface area contributed by atoms with E-state index in [1.54, 1.807) is 0 Å². The molecule has 1 fully saturated rings. The van der Waals surface area contributed by atoms with Crippen molar-refractivity contribution in [1.29, 1.82) is 0 Å². The Balaban J connectivity index is 1.85. The first kappa shape index (κ1) is 20.7. The molecule has 0 aliphatic heterocycles. The average Bonchev–Trinajstić information content (AvgIpc) is 3.16. The normalized spacial score (nSPS) is 26.9. The lowest BCUT2D eigenvalue weighted by Gasteiger charge is -2.29. The fourth-order valence-corrected chi connectivity index (χ4v) is 3.95. The quantitative estimate of drug-likeness (QED) is 0.339. The molecular formula is C19H30O4S2. The first-order chi connectivity index (χ1) is 11.9. The number of hydrogen-bond donors (Lipinski definition) is 2. The monoisotopic (exact) mass is 386 g/mol. The zero-order chi connectivity index (χ0) is 18.4.